The summed E-state index contributed by atoms with van der Waals surface area (Å²) < 4.78 is 22.3. The number of hydrogen-bond acceptors (Lipinski definition) is 7. The molecule has 0 aromatic rings. The smallest absolute Gasteiger partial charge is 0.310 e. The monoisotopic (exact) mass is 329 g/mol. The van der Waals surface area contributed by atoms with Crippen LogP contribution in [0, 0.1) is 5.92 Å². The highest BCUT2D eigenvalue weighted by Crippen LogP contribution is 2.37. The molecule has 3 fully saturated rings. The molecule has 3 heterocycles. The van der Waals surface area contributed by atoms with Crippen molar-refractivity contribution in [2.75, 3.05) is 26.2 Å². The van der Waals surface area contributed by atoms with E-state index in [4.69, 9.17) is 18.9 Å². The first kappa shape index (κ1) is 17.1. The van der Waals surface area contributed by atoms with Gasteiger partial charge in [-0.3, -0.25) is 9.69 Å². The van der Waals surface area contributed by atoms with Crippen LogP contribution in [0.15, 0.2) is 0 Å². The number of hydrogen-bond donors (Lipinski definition) is 1. The van der Waals surface area contributed by atoms with E-state index in [-0.39, 0.29) is 18.0 Å². The molecule has 3 rings (SSSR count). The Labute approximate surface area is 136 Å². The molecule has 3 saturated heterocycles. The summed E-state index contributed by atoms with van der Waals surface area (Å²) in [4.78, 5) is 14.1. The van der Waals surface area contributed by atoms with Crippen LogP contribution in [-0.4, -0.2) is 72.6 Å². The molecule has 0 aliphatic carbocycles. The lowest BCUT2D eigenvalue weighted by atomic mass is 9.97. The van der Waals surface area contributed by atoms with Gasteiger partial charge in [-0.05, 0) is 40.2 Å². The van der Waals surface area contributed by atoms with Gasteiger partial charge >= 0.3 is 5.97 Å². The highest BCUT2D eigenvalue weighted by molar-refractivity contribution is 5.72. The molecule has 0 bridgehead atoms. The molecule has 0 saturated carbocycles. The summed E-state index contributed by atoms with van der Waals surface area (Å²) in [6, 6.07) is 0. The van der Waals surface area contributed by atoms with Crippen LogP contribution in [0.4, 0.5) is 0 Å². The van der Waals surface area contributed by atoms with Crippen molar-refractivity contribution in [1.82, 2.24) is 4.90 Å². The molecule has 0 aromatic carbocycles. The Morgan fingerprint density at radius 2 is 2.17 bits per heavy atom. The lowest BCUT2D eigenvalue weighted by Gasteiger charge is -2.34. The van der Waals surface area contributed by atoms with E-state index in [1.54, 1.807) is 0 Å². The molecule has 5 atom stereocenters. The topological polar surface area (TPSA) is 77.5 Å². The van der Waals surface area contributed by atoms with E-state index in [1.165, 1.54) is 0 Å². The predicted molar refractivity (Wildman–Crippen MR) is 80.5 cm³/mol. The fourth-order valence-electron chi connectivity index (χ4n) is 3.64. The van der Waals surface area contributed by atoms with Crippen molar-refractivity contribution >= 4 is 5.97 Å². The second kappa shape index (κ2) is 6.64. The number of esters is 1. The summed E-state index contributed by atoms with van der Waals surface area (Å²) in [5.74, 6) is -0.940. The maximum Gasteiger partial charge on any atom is 0.310 e. The van der Waals surface area contributed by atoms with E-state index in [1.807, 2.05) is 20.8 Å². The fraction of sp³-hybridized carbons (Fsp3) is 0.938. The second-order valence-electron chi connectivity index (χ2n) is 6.98. The first-order chi connectivity index (χ1) is 10.9. The van der Waals surface area contributed by atoms with Crippen LogP contribution < -0.4 is 0 Å². The second-order valence-corrected chi connectivity index (χ2v) is 6.98. The molecule has 0 aromatic heterocycles. The minimum atomic E-state index is -0.721. The van der Waals surface area contributed by atoms with E-state index in [0.29, 0.717) is 19.7 Å². The standard InChI is InChI=1S/C16H27NO6/c1-4-20-14(19)10-6-5-7-17(8-10)9-11-12(18)13-15(21-11)23-16(2,3)22-13/h10-13,15,18H,4-9H2,1-3H3/t10-,11-,12+,13-,15-/m1/s1. The van der Waals surface area contributed by atoms with Crippen LogP contribution >= 0.6 is 0 Å². The number of fused-ring (bicyclic) bond motifs is 1. The molecule has 0 spiro atoms. The fourth-order valence-corrected chi connectivity index (χ4v) is 3.64. The normalized spacial score (nSPS) is 40.1. The number of piperidine rings is 1. The number of aliphatic hydroxyl groups excluding tert-OH is 1. The molecule has 1 N–H and O–H groups in total. The third kappa shape index (κ3) is 3.69. The molecule has 3 aliphatic rings. The van der Waals surface area contributed by atoms with E-state index in [2.05, 4.69) is 4.90 Å². The van der Waals surface area contributed by atoms with Gasteiger partial charge in [0.05, 0.1) is 12.5 Å². The highest BCUT2D eigenvalue weighted by atomic mass is 16.8. The van der Waals surface area contributed by atoms with Crippen LogP contribution in [-0.2, 0) is 23.7 Å². The number of carbonyl (C=O) groups is 1. The van der Waals surface area contributed by atoms with Gasteiger partial charge in [-0.1, -0.05) is 0 Å². The van der Waals surface area contributed by atoms with Gasteiger partial charge in [0.25, 0.3) is 0 Å². The van der Waals surface area contributed by atoms with Gasteiger partial charge in [0, 0.05) is 13.1 Å². The number of ether oxygens (including phenoxy) is 4. The molecule has 23 heavy (non-hydrogen) atoms. The van der Waals surface area contributed by atoms with Crippen LogP contribution in [0.3, 0.4) is 0 Å². The Morgan fingerprint density at radius 3 is 2.87 bits per heavy atom. The lowest BCUT2D eigenvalue weighted by molar-refractivity contribution is -0.216. The number of nitrogens with zero attached hydrogens (tertiary/aromatic N) is 1. The summed E-state index contributed by atoms with van der Waals surface area (Å²) in [7, 11) is 0. The van der Waals surface area contributed by atoms with E-state index in [0.717, 1.165) is 19.4 Å². The third-order valence-electron chi connectivity index (χ3n) is 4.68. The maximum absolute atomic E-state index is 11.9. The summed E-state index contributed by atoms with van der Waals surface area (Å²) in [5, 5.41) is 10.4. The molecule has 0 radical (unpaired) electrons. The first-order valence-electron chi connectivity index (χ1n) is 8.48. The van der Waals surface area contributed by atoms with Gasteiger partial charge in [-0.15, -0.1) is 0 Å². The van der Waals surface area contributed by atoms with Crippen molar-refractivity contribution in [2.24, 2.45) is 5.92 Å². The molecule has 0 unspecified atom stereocenters. The zero-order valence-electron chi connectivity index (χ0n) is 14.1. The molecular weight excluding hydrogens is 302 g/mol. The Bertz CT molecular complexity index is 442. The SMILES string of the molecule is CCOC(=O)[C@@H]1CCCN(C[C@H]2O[C@@H]3OC(C)(C)O[C@@H]3[C@H]2O)C1. The molecular formula is C16H27NO6. The van der Waals surface area contributed by atoms with Crippen molar-refractivity contribution in [3.63, 3.8) is 0 Å². The molecule has 3 aliphatic heterocycles. The summed E-state index contributed by atoms with van der Waals surface area (Å²) in [6.45, 7) is 7.96. The zero-order chi connectivity index (χ0) is 16.6. The lowest BCUT2D eigenvalue weighted by Crippen LogP contribution is -2.46. The third-order valence-corrected chi connectivity index (χ3v) is 4.68. The van der Waals surface area contributed by atoms with Crippen LogP contribution in [0.2, 0.25) is 0 Å². The van der Waals surface area contributed by atoms with Gasteiger partial charge in [0.15, 0.2) is 12.1 Å². The van der Waals surface area contributed by atoms with E-state index < -0.39 is 24.3 Å². The summed E-state index contributed by atoms with van der Waals surface area (Å²) >= 11 is 0. The average molecular weight is 329 g/mol. The van der Waals surface area contributed by atoms with Gasteiger partial charge in [0.2, 0.25) is 0 Å². The summed E-state index contributed by atoms with van der Waals surface area (Å²) in [5.41, 5.74) is 0. The van der Waals surface area contributed by atoms with Gasteiger partial charge in [0.1, 0.15) is 18.3 Å². The molecule has 7 nitrogen and oxygen atoms in total. The van der Waals surface area contributed by atoms with Gasteiger partial charge < -0.3 is 24.1 Å². The Morgan fingerprint density at radius 1 is 1.39 bits per heavy atom. The van der Waals surface area contributed by atoms with Crippen molar-refractivity contribution in [1.29, 1.82) is 0 Å². The summed E-state index contributed by atoms with van der Waals surface area (Å²) in [6.07, 6.45) is -0.239. The minimum absolute atomic E-state index is 0.0896. The quantitative estimate of drug-likeness (QED) is 0.753. The Kier molecular flexibility index (Phi) is 4.94. The van der Waals surface area contributed by atoms with E-state index >= 15 is 0 Å². The van der Waals surface area contributed by atoms with Crippen molar-refractivity contribution in [3.8, 4) is 0 Å². The number of aliphatic hydroxyl groups is 1. The zero-order valence-corrected chi connectivity index (χ0v) is 14.1. The minimum Gasteiger partial charge on any atom is -0.466 e. The van der Waals surface area contributed by atoms with E-state index in [9.17, 15) is 9.90 Å². The van der Waals surface area contributed by atoms with Gasteiger partial charge in [-0.2, -0.15) is 0 Å². The average Bonchev–Trinajstić information content (AvgIpc) is 2.94. The predicted octanol–water partition coefficient (Wildman–Crippen LogP) is 0.499. The largest absolute Gasteiger partial charge is 0.466 e. The number of rotatable bonds is 4. The molecule has 0 amide bonds. The molecule has 7 heteroatoms. The van der Waals surface area contributed by atoms with Crippen LogP contribution in [0.25, 0.3) is 0 Å². The van der Waals surface area contributed by atoms with Crippen LogP contribution in [0.5, 0.6) is 0 Å². The van der Waals surface area contributed by atoms with Crippen molar-refractivity contribution in [3.05, 3.63) is 0 Å². The van der Waals surface area contributed by atoms with Crippen molar-refractivity contribution < 1.29 is 28.8 Å². The van der Waals surface area contributed by atoms with Crippen molar-refractivity contribution in [2.45, 2.75) is 64.0 Å². The first-order valence-corrected chi connectivity index (χ1v) is 8.48. The highest BCUT2D eigenvalue weighted by Gasteiger charge is 2.54. The Balaban J connectivity index is 1.53. The maximum atomic E-state index is 11.9. The Hall–Kier alpha value is -0.730. The van der Waals surface area contributed by atoms with Gasteiger partial charge in [-0.25, -0.2) is 0 Å². The van der Waals surface area contributed by atoms with Crippen LogP contribution in [0.1, 0.15) is 33.6 Å². The molecule has 132 valence electrons. The number of carbonyl (C=O) groups excluding carboxylic acids is 1. The number of likely N-dealkylation sites (tertiary alicyclic amines) is 1.